The van der Waals surface area contributed by atoms with Crippen LogP contribution in [-0.4, -0.2) is 82.2 Å². The van der Waals surface area contributed by atoms with E-state index in [0.717, 1.165) is 22.5 Å². The Bertz CT molecular complexity index is 1500. The van der Waals surface area contributed by atoms with Gasteiger partial charge in [0.2, 0.25) is 17.7 Å². The van der Waals surface area contributed by atoms with Crippen LogP contribution in [0.25, 0.3) is 0 Å². The van der Waals surface area contributed by atoms with Crippen molar-refractivity contribution < 1.29 is 29.0 Å². The molecular formula is C32H40N6O6. The third-order valence-corrected chi connectivity index (χ3v) is 7.82. The van der Waals surface area contributed by atoms with E-state index in [2.05, 4.69) is 21.0 Å². The third kappa shape index (κ3) is 8.15. The summed E-state index contributed by atoms with van der Waals surface area (Å²) in [5, 5.41) is 22.6. The molecule has 0 radical (unpaired) electrons. The van der Waals surface area contributed by atoms with Gasteiger partial charge in [0.1, 0.15) is 30.2 Å². The first kappa shape index (κ1) is 32.1. The number of nitrogens with zero attached hydrogens (tertiary/aromatic N) is 3. The number of aryl methyl sites for hydroxylation is 2. The van der Waals surface area contributed by atoms with Gasteiger partial charge in [0, 0.05) is 39.2 Å². The lowest BCUT2D eigenvalue weighted by molar-refractivity contribution is -0.135. The Morgan fingerprint density at radius 1 is 1.07 bits per heavy atom. The number of carbonyl (C=O) groups excluding carboxylic acids is 4. The first-order valence-electron chi connectivity index (χ1n) is 14.6. The molecular weight excluding hydrogens is 564 g/mol. The maximum Gasteiger partial charge on any atom is 0.255 e. The number of hydrogen-bond donors (Lipinski definition) is 4. The highest BCUT2D eigenvalue weighted by atomic mass is 16.5. The van der Waals surface area contributed by atoms with Gasteiger partial charge in [-0.2, -0.15) is 5.10 Å². The summed E-state index contributed by atoms with van der Waals surface area (Å²) in [7, 11) is 3.48. The maximum atomic E-state index is 13.4. The molecule has 0 saturated heterocycles. The summed E-state index contributed by atoms with van der Waals surface area (Å²) in [6, 6.07) is 11.2. The molecule has 44 heavy (non-hydrogen) atoms. The average molecular weight is 605 g/mol. The normalized spacial score (nSPS) is 18.3. The maximum absolute atomic E-state index is 13.4. The number of hydrogen-bond acceptors (Lipinski definition) is 7. The standard InChI is InChI=1S/C32H40N6O6/c1-20-24(21(2)38(4)36-20)15-16-33-31(42)26-13-14-29(40)34-27(19-22-9-11-23(39)12-10-22)32(43)37(3)17-18-44-28-8-6-5-7-25(28)30(41)35-26/h5-12,26-27,39H,13-19H2,1-4H3,(H,33,42)(H,34,40)(H,35,41)/t26-,27-/m0/s1. The van der Waals surface area contributed by atoms with E-state index in [9.17, 15) is 24.3 Å². The van der Waals surface area contributed by atoms with Gasteiger partial charge in [-0.05, 0) is 62.1 Å². The Balaban J connectivity index is 1.54. The van der Waals surface area contributed by atoms with Gasteiger partial charge < -0.3 is 30.7 Å². The lowest BCUT2D eigenvalue weighted by atomic mass is 10.0. The zero-order valence-corrected chi connectivity index (χ0v) is 25.6. The molecule has 4 amide bonds. The number of aromatic hydroxyl groups is 1. The summed E-state index contributed by atoms with van der Waals surface area (Å²) in [5.41, 5.74) is 3.93. The van der Waals surface area contributed by atoms with E-state index < -0.39 is 29.8 Å². The summed E-state index contributed by atoms with van der Waals surface area (Å²) in [5.74, 6) is -1.28. The highest BCUT2D eigenvalue weighted by Crippen LogP contribution is 2.19. The van der Waals surface area contributed by atoms with Gasteiger partial charge in [-0.3, -0.25) is 23.9 Å². The summed E-state index contributed by atoms with van der Waals surface area (Å²) < 4.78 is 7.69. The largest absolute Gasteiger partial charge is 0.508 e. The van der Waals surface area contributed by atoms with Crippen LogP contribution in [0, 0.1) is 13.8 Å². The van der Waals surface area contributed by atoms with Crippen LogP contribution in [0.15, 0.2) is 48.5 Å². The second-order valence-corrected chi connectivity index (χ2v) is 11.0. The molecule has 1 aliphatic rings. The fraction of sp³-hybridized carbons (Fsp3) is 0.406. The number of phenols is 1. The molecule has 2 aromatic carbocycles. The summed E-state index contributed by atoms with van der Waals surface area (Å²) >= 11 is 0. The SMILES string of the molecule is Cc1nn(C)c(C)c1CCNC(=O)[C@@H]1CCC(=O)N[C@@H](Cc2ccc(O)cc2)C(=O)N(C)CCOc2ccccc2C(=O)N1. The molecule has 3 aromatic rings. The predicted molar refractivity (Wildman–Crippen MR) is 163 cm³/mol. The van der Waals surface area contributed by atoms with Gasteiger partial charge in [-0.15, -0.1) is 0 Å². The minimum Gasteiger partial charge on any atom is -0.508 e. The highest BCUT2D eigenvalue weighted by molar-refractivity contribution is 5.99. The van der Waals surface area contributed by atoms with Crippen LogP contribution in [0.4, 0.5) is 0 Å². The minimum absolute atomic E-state index is 0.00728. The second kappa shape index (κ2) is 14.5. The second-order valence-electron chi connectivity index (χ2n) is 11.0. The van der Waals surface area contributed by atoms with Crippen LogP contribution in [-0.2, 0) is 34.3 Å². The van der Waals surface area contributed by atoms with Crippen molar-refractivity contribution in [2.24, 2.45) is 7.05 Å². The number of phenolic OH excluding ortho intramolecular Hbond substituents is 1. The lowest BCUT2D eigenvalue weighted by Crippen LogP contribution is -2.50. The number of aromatic nitrogens is 2. The van der Waals surface area contributed by atoms with E-state index >= 15 is 0 Å². The number of para-hydroxylation sites is 1. The number of ether oxygens (including phenoxy) is 1. The minimum atomic E-state index is -1.02. The molecule has 12 nitrogen and oxygen atoms in total. The zero-order chi connectivity index (χ0) is 31.8. The molecule has 12 heteroatoms. The van der Waals surface area contributed by atoms with Crippen molar-refractivity contribution in [3.8, 4) is 11.5 Å². The van der Waals surface area contributed by atoms with Crippen LogP contribution in [0.5, 0.6) is 11.5 Å². The monoisotopic (exact) mass is 604 g/mol. The van der Waals surface area contributed by atoms with Crippen molar-refractivity contribution in [3.63, 3.8) is 0 Å². The van der Waals surface area contributed by atoms with Crippen LogP contribution < -0.4 is 20.7 Å². The van der Waals surface area contributed by atoms with Gasteiger partial charge in [-0.25, -0.2) is 0 Å². The molecule has 2 atom stereocenters. The molecule has 0 unspecified atom stereocenters. The van der Waals surface area contributed by atoms with E-state index in [4.69, 9.17) is 4.74 Å². The number of likely N-dealkylation sites (N-methyl/N-ethyl adjacent to an activating group) is 1. The molecule has 234 valence electrons. The third-order valence-electron chi connectivity index (χ3n) is 7.82. The van der Waals surface area contributed by atoms with Crippen molar-refractivity contribution in [2.45, 2.75) is 51.6 Å². The molecule has 4 rings (SSSR count). The lowest BCUT2D eigenvalue weighted by Gasteiger charge is -2.25. The molecule has 0 saturated carbocycles. The number of benzene rings is 2. The Hall–Kier alpha value is -4.87. The van der Waals surface area contributed by atoms with Crippen molar-refractivity contribution >= 4 is 23.6 Å². The van der Waals surface area contributed by atoms with E-state index in [1.165, 1.54) is 17.0 Å². The highest BCUT2D eigenvalue weighted by Gasteiger charge is 2.28. The van der Waals surface area contributed by atoms with E-state index in [-0.39, 0.29) is 49.6 Å². The topological polar surface area (TPSA) is 155 Å². The molecule has 0 spiro atoms. The summed E-state index contributed by atoms with van der Waals surface area (Å²) in [6.07, 6.45) is 0.657. The number of nitrogens with one attached hydrogen (secondary N) is 3. The summed E-state index contributed by atoms with van der Waals surface area (Å²) in [4.78, 5) is 54.8. The Morgan fingerprint density at radius 3 is 2.50 bits per heavy atom. The first-order valence-corrected chi connectivity index (χ1v) is 14.6. The van der Waals surface area contributed by atoms with Crippen LogP contribution >= 0.6 is 0 Å². The molecule has 0 aliphatic carbocycles. The Kier molecular flexibility index (Phi) is 10.6. The number of carbonyl (C=O) groups is 4. The van der Waals surface area contributed by atoms with Gasteiger partial charge in [0.05, 0.1) is 17.8 Å². The average Bonchev–Trinajstić information content (AvgIpc) is 3.24. The van der Waals surface area contributed by atoms with Crippen molar-refractivity contribution in [2.75, 3.05) is 26.7 Å². The van der Waals surface area contributed by atoms with Crippen LogP contribution in [0.2, 0.25) is 0 Å². The Labute approximate surface area is 256 Å². The van der Waals surface area contributed by atoms with E-state index in [1.807, 2.05) is 20.9 Å². The quantitative estimate of drug-likeness (QED) is 0.333. The van der Waals surface area contributed by atoms with E-state index in [0.29, 0.717) is 18.7 Å². The fourth-order valence-corrected chi connectivity index (χ4v) is 5.18. The van der Waals surface area contributed by atoms with Gasteiger partial charge in [0.25, 0.3) is 5.91 Å². The molecule has 0 fully saturated rings. The molecule has 0 bridgehead atoms. The molecule has 1 aliphatic heterocycles. The molecule has 4 N–H and O–H groups in total. The first-order chi connectivity index (χ1) is 21.0. The van der Waals surface area contributed by atoms with E-state index in [1.54, 1.807) is 48.1 Å². The number of rotatable bonds is 6. The van der Waals surface area contributed by atoms with Crippen LogP contribution in [0.3, 0.4) is 0 Å². The smallest absolute Gasteiger partial charge is 0.255 e. The van der Waals surface area contributed by atoms with Gasteiger partial charge in [0.15, 0.2) is 0 Å². The summed E-state index contributed by atoms with van der Waals surface area (Å²) in [6.45, 7) is 4.51. The molecule has 2 heterocycles. The number of amides is 4. The van der Waals surface area contributed by atoms with Crippen LogP contribution in [0.1, 0.15) is 45.7 Å². The Morgan fingerprint density at radius 2 is 1.80 bits per heavy atom. The van der Waals surface area contributed by atoms with Crippen molar-refractivity contribution in [3.05, 3.63) is 76.6 Å². The fourth-order valence-electron chi connectivity index (χ4n) is 5.18. The van der Waals surface area contributed by atoms with Crippen molar-refractivity contribution in [1.29, 1.82) is 0 Å². The number of fused-ring (bicyclic) bond motifs is 1. The predicted octanol–water partition coefficient (Wildman–Crippen LogP) is 1.56. The van der Waals surface area contributed by atoms with Gasteiger partial charge in [-0.1, -0.05) is 24.3 Å². The van der Waals surface area contributed by atoms with Crippen molar-refractivity contribution in [1.82, 2.24) is 30.6 Å². The zero-order valence-electron chi connectivity index (χ0n) is 25.6. The van der Waals surface area contributed by atoms with Gasteiger partial charge >= 0.3 is 0 Å². The molecule has 1 aromatic heterocycles.